The zero-order valence-corrected chi connectivity index (χ0v) is 16.5. The van der Waals surface area contributed by atoms with Crippen LogP contribution in [0.3, 0.4) is 0 Å². The van der Waals surface area contributed by atoms with Crippen LogP contribution in [0.1, 0.15) is 80.9 Å². The Kier molecular flexibility index (Phi) is 7.43. The van der Waals surface area contributed by atoms with Crippen LogP contribution in [-0.2, 0) is 12.8 Å². The summed E-state index contributed by atoms with van der Waals surface area (Å²) in [5, 5.41) is 0. The lowest BCUT2D eigenvalue weighted by Crippen LogP contribution is -2.13. The average molecular weight is 371 g/mol. The standard InChI is InChI=1S/C25H32F2/c1-2-3-4-5-19-8-12-22(13-9-19)23-14-10-20(11-15-23)6-7-21-16-24(26)18-25(27)17-21/h10-11,14-19,22H,2-9,12-13H2,1H3/t19-,22-. The summed E-state index contributed by atoms with van der Waals surface area (Å²) in [6.45, 7) is 2.27. The van der Waals surface area contributed by atoms with Gasteiger partial charge in [0.15, 0.2) is 0 Å². The third-order valence-electron chi connectivity index (χ3n) is 6.14. The van der Waals surface area contributed by atoms with Crippen LogP contribution in [-0.4, -0.2) is 0 Å². The summed E-state index contributed by atoms with van der Waals surface area (Å²) in [6, 6.07) is 12.7. The molecular formula is C25H32F2. The lowest BCUT2D eigenvalue weighted by Gasteiger charge is -2.29. The fourth-order valence-corrected chi connectivity index (χ4v) is 4.47. The molecule has 0 saturated heterocycles. The van der Waals surface area contributed by atoms with Gasteiger partial charge in [0.25, 0.3) is 0 Å². The molecule has 0 unspecified atom stereocenters. The van der Waals surface area contributed by atoms with Gasteiger partial charge in [-0.15, -0.1) is 0 Å². The molecule has 1 saturated carbocycles. The number of rotatable bonds is 8. The van der Waals surface area contributed by atoms with Crippen LogP contribution in [0.5, 0.6) is 0 Å². The van der Waals surface area contributed by atoms with E-state index in [-0.39, 0.29) is 0 Å². The first-order valence-corrected chi connectivity index (χ1v) is 10.7. The molecule has 2 heteroatoms. The van der Waals surface area contributed by atoms with Gasteiger partial charge in [-0.3, -0.25) is 0 Å². The maximum Gasteiger partial charge on any atom is 0.126 e. The van der Waals surface area contributed by atoms with E-state index >= 15 is 0 Å². The summed E-state index contributed by atoms with van der Waals surface area (Å²) in [7, 11) is 0. The van der Waals surface area contributed by atoms with Crippen molar-refractivity contribution >= 4 is 0 Å². The maximum atomic E-state index is 13.3. The van der Waals surface area contributed by atoms with Crippen molar-refractivity contribution < 1.29 is 8.78 Å². The lowest BCUT2D eigenvalue weighted by molar-refractivity contribution is 0.303. The monoisotopic (exact) mass is 370 g/mol. The minimum absolute atomic E-state index is 0.495. The molecule has 1 aliphatic rings. The zero-order chi connectivity index (χ0) is 19.1. The molecule has 0 nitrogen and oxygen atoms in total. The van der Waals surface area contributed by atoms with E-state index in [1.54, 1.807) is 0 Å². The summed E-state index contributed by atoms with van der Waals surface area (Å²) in [6.07, 6.45) is 12.4. The summed E-state index contributed by atoms with van der Waals surface area (Å²) >= 11 is 0. The fourth-order valence-electron chi connectivity index (χ4n) is 4.47. The van der Waals surface area contributed by atoms with Gasteiger partial charge >= 0.3 is 0 Å². The van der Waals surface area contributed by atoms with Crippen molar-refractivity contribution in [1.29, 1.82) is 0 Å². The molecule has 0 N–H and O–H groups in total. The van der Waals surface area contributed by atoms with Crippen molar-refractivity contribution in [3.05, 3.63) is 70.8 Å². The highest BCUT2D eigenvalue weighted by Crippen LogP contribution is 2.37. The predicted molar refractivity (Wildman–Crippen MR) is 109 cm³/mol. The number of benzene rings is 2. The van der Waals surface area contributed by atoms with Gasteiger partial charge in [-0.1, -0.05) is 56.9 Å². The minimum Gasteiger partial charge on any atom is -0.207 e. The molecular weight excluding hydrogens is 338 g/mol. The Morgan fingerprint density at radius 2 is 1.41 bits per heavy atom. The SMILES string of the molecule is CCCCC[C@H]1CC[C@H](c2ccc(CCc3cc(F)cc(F)c3)cc2)CC1. The van der Waals surface area contributed by atoms with E-state index in [2.05, 4.69) is 31.2 Å². The molecule has 3 rings (SSSR count). The van der Waals surface area contributed by atoms with Crippen molar-refractivity contribution in [3.8, 4) is 0 Å². The molecule has 0 aromatic heterocycles. The first-order valence-electron chi connectivity index (χ1n) is 10.7. The zero-order valence-electron chi connectivity index (χ0n) is 16.5. The van der Waals surface area contributed by atoms with Crippen LogP contribution in [0.4, 0.5) is 8.78 Å². The average Bonchev–Trinajstić information content (AvgIpc) is 2.67. The van der Waals surface area contributed by atoms with Crippen LogP contribution >= 0.6 is 0 Å². The van der Waals surface area contributed by atoms with Crippen LogP contribution in [0, 0.1) is 17.6 Å². The smallest absolute Gasteiger partial charge is 0.126 e. The second kappa shape index (κ2) is 10.0. The molecule has 0 atom stereocenters. The highest BCUT2D eigenvalue weighted by Gasteiger charge is 2.21. The molecule has 1 aliphatic carbocycles. The van der Waals surface area contributed by atoms with Crippen molar-refractivity contribution in [2.75, 3.05) is 0 Å². The van der Waals surface area contributed by atoms with Gasteiger partial charge < -0.3 is 0 Å². The molecule has 0 radical (unpaired) electrons. The van der Waals surface area contributed by atoms with Crippen molar-refractivity contribution in [1.82, 2.24) is 0 Å². The van der Waals surface area contributed by atoms with Crippen LogP contribution in [0.2, 0.25) is 0 Å². The number of halogens is 2. The fraction of sp³-hybridized carbons (Fsp3) is 0.520. The van der Waals surface area contributed by atoms with Crippen molar-refractivity contribution in [2.45, 2.75) is 77.0 Å². The van der Waals surface area contributed by atoms with E-state index < -0.39 is 11.6 Å². The van der Waals surface area contributed by atoms with E-state index in [1.165, 1.54) is 74.6 Å². The van der Waals surface area contributed by atoms with E-state index in [0.29, 0.717) is 12.3 Å². The maximum absolute atomic E-state index is 13.3. The highest BCUT2D eigenvalue weighted by molar-refractivity contribution is 5.27. The Labute approximate surface area is 163 Å². The topological polar surface area (TPSA) is 0 Å². The Morgan fingerprint density at radius 1 is 0.778 bits per heavy atom. The summed E-state index contributed by atoms with van der Waals surface area (Å²) in [5.41, 5.74) is 3.41. The van der Waals surface area contributed by atoms with E-state index in [4.69, 9.17) is 0 Å². The first kappa shape index (κ1) is 20.0. The molecule has 0 spiro atoms. The number of aryl methyl sites for hydroxylation is 2. The predicted octanol–water partition coefficient (Wildman–Crippen LogP) is 7.60. The second-order valence-electron chi connectivity index (χ2n) is 8.23. The molecule has 27 heavy (non-hydrogen) atoms. The Hall–Kier alpha value is -1.70. The van der Waals surface area contributed by atoms with Crippen molar-refractivity contribution in [2.24, 2.45) is 5.92 Å². The summed E-state index contributed by atoms with van der Waals surface area (Å²) in [5.74, 6) is 0.661. The molecule has 0 heterocycles. The summed E-state index contributed by atoms with van der Waals surface area (Å²) < 4.78 is 26.6. The third-order valence-corrected chi connectivity index (χ3v) is 6.14. The van der Waals surface area contributed by atoms with Gasteiger partial charge in [0, 0.05) is 6.07 Å². The van der Waals surface area contributed by atoms with Crippen molar-refractivity contribution in [3.63, 3.8) is 0 Å². The van der Waals surface area contributed by atoms with E-state index in [9.17, 15) is 8.78 Å². The van der Waals surface area contributed by atoms with E-state index in [1.807, 2.05) is 0 Å². The van der Waals surface area contributed by atoms with Gasteiger partial charge in [0.1, 0.15) is 11.6 Å². The second-order valence-corrected chi connectivity index (χ2v) is 8.23. The Balaban J connectivity index is 1.47. The normalized spacial score (nSPS) is 20.0. The molecule has 2 aromatic carbocycles. The summed E-state index contributed by atoms with van der Waals surface area (Å²) in [4.78, 5) is 0. The Bertz CT molecular complexity index is 677. The first-order chi connectivity index (χ1) is 13.1. The van der Waals surface area contributed by atoms with Crippen LogP contribution < -0.4 is 0 Å². The quantitative estimate of drug-likeness (QED) is 0.420. The molecule has 0 aliphatic heterocycles. The van der Waals surface area contributed by atoms with Gasteiger partial charge in [0.05, 0.1) is 0 Å². The number of hydrogen-bond acceptors (Lipinski definition) is 0. The molecule has 0 bridgehead atoms. The highest BCUT2D eigenvalue weighted by atomic mass is 19.1. The van der Waals surface area contributed by atoms with E-state index in [0.717, 1.165) is 24.0 Å². The molecule has 1 fully saturated rings. The van der Waals surface area contributed by atoms with Gasteiger partial charge in [0.2, 0.25) is 0 Å². The van der Waals surface area contributed by atoms with Crippen LogP contribution in [0.25, 0.3) is 0 Å². The van der Waals surface area contributed by atoms with Gasteiger partial charge in [-0.05, 0) is 79.2 Å². The number of hydrogen-bond donors (Lipinski definition) is 0. The minimum atomic E-state index is -0.495. The number of unbranched alkanes of at least 4 members (excludes halogenated alkanes) is 2. The molecule has 146 valence electrons. The third kappa shape index (κ3) is 6.16. The largest absolute Gasteiger partial charge is 0.207 e. The van der Waals surface area contributed by atoms with Crippen LogP contribution in [0.15, 0.2) is 42.5 Å². The molecule has 0 amide bonds. The van der Waals surface area contributed by atoms with Gasteiger partial charge in [-0.2, -0.15) is 0 Å². The lowest BCUT2D eigenvalue weighted by atomic mass is 9.77. The Morgan fingerprint density at radius 3 is 2.04 bits per heavy atom. The van der Waals surface area contributed by atoms with Gasteiger partial charge in [-0.25, -0.2) is 8.78 Å². The molecule has 2 aromatic rings.